The van der Waals surface area contributed by atoms with Crippen LogP contribution < -0.4 is 48.2 Å². The van der Waals surface area contributed by atoms with Crippen molar-refractivity contribution in [1.29, 1.82) is 0 Å². The highest BCUT2D eigenvalue weighted by Gasteiger charge is 2.38. The average Bonchev–Trinajstić information content (AvgIpc) is 3.39. The van der Waals surface area contributed by atoms with Gasteiger partial charge in [0.25, 0.3) is 16.6 Å². The number of anilines is 1. The molecule has 10 heteroatoms. The molecule has 0 saturated carbocycles. The Balaban J connectivity index is 0.00000336. The zero-order chi connectivity index (χ0) is 26.1. The van der Waals surface area contributed by atoms with E-state index < -0.39 is 0 Å². The third-order valence-corrected chi connectivity index (χ3v) is 8.70. The highest BCUT2D eigenvalue weighted by Crippen LogP contribution is 2.32. The van der Waals surface area contributed by atoms with Gasteiger partial charge in [-0.3, -0.25) is 19.1 Å². The highest BCUT2D eigenvalue weighted by atomic mass is 127. The maximum absolute atomic E-state index is 13.4. The Hall–Kier alpha value is -2.96. The van der Waals surface area contributed by atoms with Crippen LogP contribution in [0.25, 0.3) is 17.1 Å². The summed E-state index contributed by atoms with van der Waals surface area (Å²) in [5, 5.41) is 0.619. The Morgan fingerprint density at radius 1 is 1.00 bits per heavy atom. The second-order valence-electron chi connectivity index (χ2n) is 8.57. The average molecular weight is 658 g/mol. The first kappa shape index (κ1) is 28.1. The summed E-state index contributed by atoms with van der Waals surface area (Å²) >= 11 is 2.68. The van der Waals surface area contributed by atoms with E-state index in [-0.39, 0.29) is 35.4 Å². The Bertz CT molecular complexity index is 1670. The van der Waals surface area contributed by atoms with Gasteiger partial charge in [0.15, 0.2) is 0 Å². The molecule has 0 radical (unpaired) electrons. The summed E-state index contributed by atoms with van der Waals surface area (Å²) in [6.07, 6.45) is 9.86. The lowest BCUT2D eigenvalue weighted by molar-refractivity contribution is -0.658. The second-order valence-corrected chi connectivity index (χ2v) is 10.6. The van der Waals surface area contributed by atoms with E-state index in [4.69, 9.17) is 4.99 Å². The van der Waals surface area contributed by atoms with E-state index in [0.29, 0.717) is 32.4 Å². The lowest BCUT2D eigenvalue weighted by Crippen LogP contribution is -3.00. The third kappa shape index (κ3) is 5.16. The van der Waals surface area contributed by atoms with E-state index in [1.807, 2.05) is 87.3 Å². The van der Waals surface area contributed by atoms with Crippen molar-refractivity contribution in [2.75, 3.05) is 18.5 Å². The number of allylic oxidation sites excluding steroid dienone is 2. The number of hydrogen-bond donors (Lipinski definition) is 0. The number of para-hydroxylation sites is 1. The van der Waals surface area contributed by atoms with Crippen LogP contribution in [0.2, 0.25) is 0 Å². The normalized spacial score (nSPS) is 18.9. The summed E-state index contributed by atoms with van der Waals surface area (Å²) in [6, 6.07) is 14.0. The quantitative estimate of drug-likeness (QED) is 0.293. The van der Waals surface area contributed by atoms with Crippen molar-refractivity contribution in [3.8, 4) is 0 Å². The Morgan fingerprint density at radius 3 is 2.50 bits per heavy atom. The van der Waals surface area contributed by atoms with Gasteiger partial charge in [0.05, 0.1) is 17.8 Å². The zero-order valence-electron chi connectivity index (χ0n) is 21.6. The molecule has 1 fully saturated rings. The smallest absolute Gasteiger partial charge is 0.326 e. The van der Waals surface area contributed by atoms with Gasteiger partial charge in [-0.1, -0.05) is 30.3 Å². The van der Waals surface area contributed by atoms with Crippen molar-refractivity contribution in [1.82, 2.24) is 9.47 Å². The van der Waals surface area contributed by atoms with Crippen molar-refractivity contribution in [2.45, 2.75) is 20.4 Å². The zero-order valence-corrected chi connectivity index (χ0v) is 25.4. The molecule has 1 amide bonds. The third-order valence-electron chi connectivity index (χ3n) is 6.36. The number of thiazole rings is 1. The van der Waals surface area contributed by atoms with E-state index in [2.05, 4.69) is 23.1 Å². The van der Waals surface area contributed by atoms with E-state index in [1.165, 1.54) is 23.1 Å². The lowest BCUT2D eigenvalue weighted by atomic mass is 10.1. The molecule has 0 aliphatic carbocycles. The molecule has 0 N–H and O–H groups in total. The summed E-state index contributed by atoms with van der Waals surface area (Å²) in [5.74, 6) is 0.633. The largest absolute Gasteiger partial charge is 1.00 e. The molecule has 5 rings (SSSR count). The fourth-order valence-corrected chi connectivity index (χ4v) is 6.64. The molecule has 0 atom stereocenters. The molecular weight excluding hydrogens is 629 g/mol. The number of halogens is 1. The van der Waals surface area contributed by atoms with Crippen LogP contribution >= 0.6 is 23.1 Å². The highest BCUT2D eigenvalue weighted by molar-refractivity contribution is 8.23. The van der Waals surface area contributed by atoms with Crippen LogP contribution in [0.4, 0.5) is 11.5 Å². The topological polar surface area (TPSA) is 61.8 Å². The molecule has 7 nitrogen and oxygen atoms in total. The number of thioether (sulfide) groups is 1. The number of amides is 1. The van der Waals surface area contributed by atoms with Gasteiger partial charge >= 0.3 is 5.82 Å². The minimum Gasteiger partial charge on any atom is -1.00 e. The molecule has 0 spiro atoms. The number of hydrogen-bond acceptors (Lipinski definition) is 6. The second kappa shape index (κ2) is 11.8. The van der Waals surface area contributed by atoms with E-state index >= 15 is 0 Å². The molecule has 2 aliphatic heterocycles. The van der Waals surface area contributed by atoms with E-state index in [1.54, 1.807) is 9.47 Å². The summed E-state index contributed by atoms with van der Waals surface area (Å²) < 4.78 is 4.86. The standard InChI is InChI=1S/C28H28N5O2S2.HI/c1-5-32-25(34)22(17-16-20-15-14-19-11-7-8-12-21(19)31(20)4)36-27(32)24-26(35)33(6-2)28(37-24)29-23-13-9-10-18-30(23)3;/h7-18H,5-6H2,1-4H3;1H/q+1;/p-1/b20-16-,22-17-,27-24-;. The Morgan fingerprint density at radius 2 is 1.76 bits per heavy atom. The number of aliphatic imine (C=N–C) groups is 1. The van der Waals surface area contributed by atoms with Crippen LogP contribution in [0.1, 0.15) is 19.4 Å². The van der Waals surface area contributed by atoms with E-state index in [9.17, 15) is 9.59 Å². The first-order valence-corrected chi connectivity index (χ1v) is 13.8. The van der Waals surface area contributed by atoms with Crippen LogP contribution in [0.5, 0.6) is 0 Å². The summed E-state index contributed by atoms with van der Waals surface area (Å²) in [5.41, 5.74) is 3.16. The number of carbonyl (C=O) groups excluding carboxylic acids is 1. The first-order chi connectivity index (χ1) is 17.9. The molecule has 4 heterocycles. The van der Waals surface area contributed by atoms with Crippen LogP contribution in [0.15, 0.2) is 76.3 Å². The SMILES string of the molecule is CCN1C(=O)/C(=c2/s/c(=C\C=C3\C=Cc4ccccc4N3C)c(=O)n2CC)SC1=Nc1cccc[n+]1C.[I-]. The van der Waals surface area contributed by atoms with Crippen LogP contribution in [-0.2, 0) is 18.4 Å². The number of pyridine rings is 1. The maximum Gasteiger partial charge on any atom is 0.326 e. The molecule has 2 aromatic heterocycles. The van der Waals surface area contributed by atoms with Gasteiger partial charge in [-0.15, -0.1) is 11.3 Å². The Kier molecular flexibility index (Phi) is 8.74. The monoisotopic (exact) mass is 657 g/mol. The molecular formula is C28H28IN5O2S2. The summed E-state index contributed by atoms with van der Waals surface area (Å²) in [4.78, 5) is 35.8. The van der Waals surface area contributed by atoms with Crippen molar-refractivity contribution in [3.63, 3.8) is 0 Å². The van der Waals surface area contributed by atoms with Gasteiger partial charge in [0, 0.05) is 37.6 Å². The van der Waals surface area contributed by atoms with Gasteiger partial charge < -0.3 is 28.9 Å². The van der Waals surface area contributed by atoms with Crippen molar-refractivity contribution >= 4 is 62.7 Å². The van der Waals surface area contributed by atoms with Gasteiger partial charge in [0.1, 0.15) is 9.57 Å². The maximum atomic E-state index is 13.4. The minimum absolute atomic E-state index is 0. The predicted molar refractivity (Wildman–Crippen MR) is 153 cm³/mol. The van der Waals surface area contributed by atoms with Gasteiger partial charge in [0.2, 0.25) is 0 Å². The van der Waals surface area contributed by atoms with Gasteiger partial charge in [-0.2, -0.15) is 0 Å². The van der Waals surface area contributed by atoms with Crippen LogP contribution in [-0.4, -0.2) is 34.1 Å². The number of likely N-dealkylation sites (N-methyl/N-ethyl adjacent to an activating group) is 1. The Labute approximate surface area is 246 Å². The minimum atomic E-state index is -0.121. The fraction of sp³-hybridized carbons (Fsp3) is 0.214. The van der Waals surface area contributed by atoms with Gasteiger partial charge in [-0.05, 0) is 66.5 Å². The molecule has 1 saturated heterocycles. The fourth-order valence-electron chi connectivity index (χ4n) is 4.30. The molecule has 0 unspecified atom stereocenters. The number of aromatic nitrogens is 2. The van der Waals surface area contributed by atoms with Crippen LogP contribution in [0.3, 0.4) is 0 Å². The number of benzene rings is 1. The number of carbonyl (C=O) groups is 1. The number of fused-ring (bicyclic) bond motifs is 1. The molecule has 0 bridgehead atoms. The molecule has 2 aliphatic rings. The molecule has 196 valence electrons. The van der Waals surface area contributed by atoms with Crippen molar-refractivity contribution in [3.05, 3.63) is 91.6 Å². The molecule has 38 heavy (non-hydrogen) atoms. The predicted octanol–water partition coefficient (Wildman–Crippen LogP) is -0.0230. The lowest BCUT2D eigenvalue weighted by Gasteiger charge is -2.25. The van der Waals surface area contributed by atoms with Crippen molar-refractivity contribution in [2.24, 2.45) is 12.0 Å². The van der Waals surface area contributed by atoms with Gasteiger partial charge in [-0.25, -0.2) is 4.57 Å². The van der Waals surface area contributed by atoms with Crippen LogP contribution in [0, 0.1) is 0 Å². The number of amidine groups is 1. The molecule has 3 aromatic rings. The first-order valence-electron chi connectivity index (χ1n) is 12.1. The number of rotatable bonds is 4. The summed E-state index contributed by atoms with van der Waals surface area (Å²) in [7, 11) is 3.94. The van der Waals surface area contributed by atoms with E-state index in [0.717, 1.165) is 22.8 Å². The molecule has 1 aromatic carbocycles. The number of aryl methyl sites for hydroxylation is 1. The summed E-state index contributed by atoms with van der Waals surface area (Å²) in [6.45, 7) is 4.83. The number of nitrogens with zero attached hydrogens (tertiary/aromatic N) is 5. The van der Waals surface area contributed by atoms with Crippen molar-refractivity contribution < 1.29 is 33.3 Å².